The van der Waals surface area contributed by atoms with Gasteiger partial charge in [0.25, 0.3) is 0 Å². The van der Waals surface area contributed by atoms with E-state index in [0.29, 0.717) is 12.6 Å². The highest BCUT2D eigenvalue weighted by Crippen LogP contribution is 2.18. The molecule has 1 atom stereocenters. The van der Waals surface area contributed by atoms with Gasteiger partial charge in [0.15, 0.2) is 0 Å². The number of thioether (sulfide) groups is 1. The molecule has 0 saturated carbocycles. The van der Waals surface area contributed by atoms with Gasteiger partial charge in [-0.2, -0.15) is 11.8 Å². The highest BCUT2D eigenvalue weighted by molar-refractivity contribution is 7.99. The van der Waals surface area contributed by atoms with Gasteiger partial charge in [-0.3, -0.25) is 4.90 Å². The zero-order valence-corrected chi connectivity index (χ0v) is 15.0. The molecule has 0 aromatic carbocycles. The number of urea groups is 1. The van der Waals surface area contributed by atoms with Gasteiger partial charge in [-0.1, -0.05) is 6.07 Å². The first-order valence-corrected chi connectivity index (χ1v) is 10.3. The van der Waals surface area contributed by atoms with E-state index in [0.717, 1.165) is 57.3 Å². The van der Waals surface area contributed by atoms with Crippen LogP contribution in [0.2, 0.25) is 0 Å². The fourth-order valence-corrected chi connectivity index (χ4v) is 4.71. The van der Waals surface area contributed by atoms with Crippen molar-refractivity contribution >= 4 is 29.1 Å². The lowest BCUT2D eigenvalue weighted by Gasteiger charge is -2.35. The molecule has 3 heterocycles. The molecule has 1 aromatic heterocycles. The normalized spacial score (nSPS) is 23.5. The van der Waals surface area contributed by atoms with Crippen molar-refractivity contribution in [3.8, 4) is 0 Å². The molecule has 0 aliphatic carbocycles. The molecule has 7 heteroatoms. The van der Waals surface area contributed by atoms with Crippen LogP contribution < -0.4 is 5.32 Å². The summed E-state index contributed by atoms with van der Waals surface area (Å²) in [7, 11) is 0. The zero-order valence-electron chi connectivity index (χ0n) is 13.4. The van der Waals surface area contributed by atoms with E-state index < -0.39 is 0 Å². The minimum absolute atomic E-state index is 0.0826. The minimum atomic E-state index is 0.0826. The second-order valence-corrected chi connectivity index (χ2v) is 8.11. The highest BCUT2D eigenvalue weighted by Gasteiger charge is 2.28. The third-order valence-electron chi connectivity index (χ3n) is 4.27. The SMILES string of the molecule is O=C(NCc1cccs1)N1CCCSC[C@H]1CN1CCOCC1. The number of ether oxygens (including phenoxy) is 1. The lowest BCUT2D eigenvalue weighted by atomic mass is 10.2. The number of nitrogens with zero attached hydrogens (tertiary/aromatic N) is 2. The topological polar surface area (TPSA) is 44.8 Å². The summed E-state index contributed by atoms with van der Waals surface area (Å²) in [5.41, 5.74) is 0. The lowest BCUT2D eigenvalue weighted by Crippen LogP contribution is -2.52. The maximum absolute atomic E-state index is 12.7. The van der Waals surface area contributed by atoms with Crippen LogP contribution in [-0.2, 0) is 11.3 Å². The lowest BCUT2D eigenvalue weighted by molar-refractivity contribution is 0.0283. The van der Waals surface area contributed by atoms with E-state index in [2.05, 4.69) is 21.2 Å². The van der Waals surface area contributed by atoms with Crippen molar-refractivity contribution < 1.29 is 9.53 Å². The van der Waals surface area contributed by atoms with Crippen molar-refractivity contribution in [2.24, 2.45) is 0 Å². The first-order chi connectivity index (χ1) is 11.3. The quantitative estimate of drug-likeness (QED) is 0.898. The molecular formula is C16H25N3O2S2. The fourth-order valence-electron chi connectivity index (χ4n) is 3.01. The molecule has 1 aromatic rings. The molecule has 0 radical (unpaired) electrons. The number of nitrogens with one attached hydrogen (secondary N) is 1. The molecule has 2 fully saturated rings. The molecule has 0 unspecified atom stereocenters. The van der Waals surface area contributed by atoms with Gasteiger partial charge >= 0.3 is 6.03 Å². The molecule has 128 valence electrons. The number of thiophene rings is 1. The van der Waals surface area contributed by atoms with Crippen molar-refractivity contribution in [3.63, 3.8) is 0 Å². The average Bonchev–Trinajstić information content (AvgIpc) is 2.99. The predicted octanol–water partition coefficient (Wildman–Crippen LogP) is 2.10. The Morgan fingerprint density at radius 3 is 3.00 bits per heavy atom. The van der Waals surface area contributed by atoms with Crippen LogP contribution in [0.4, 0.5) is 4.79 Å². The van der Waals surface area contributed by atoms with Gasteiger partial charge < -0.3 is 15.0 Å². The van der Waals surface area contributed by atoms with Crippen molar-refractivity contribution in [3.05, 3.63) is 22.4 Å². The molecule has 23 heavy (non-hydrogen) atoms. The molecule has 2 aliphatic heterocycles. The minimum Gasteiger partial charge on any atom is -0.379 e. The zero-order chi connectivity index (χ0) is 15.9. The molecular weight excluding hydrogens is 330 g/mol. The summed E-state index contributed by atoms with van der Waals surface area (Å²) >= 11 is 3.66. The Balaban J connectivity index is 1.56. The molecule has 1 N–H and O–H groups in total. The van der Waals surface area contributed by atoms with E-state index in [4.69, 9.17) is 4.74 Å². The Hall–Kier alpha value is -0.760. The van der Waals surface area contributed by atoms with Crippen LogP contribution in [0, 0.1) is 0 Å². The Morgan fingerprint density at radius 2 is 2.22 bits per heavy atom. The van der Waals surface area contributed by atoms with Crippen molar-refractivity contribution in [2.75, 3.05) is 50.9 Å². The smallest absolute Gasteiger partial charge is 0.318 e. The Morgan fingerprint density at radius 1 is 1.35 bits per heavy atom. The van der Waals surface area contributed by atoms with E-state index in [9.17, 15) is 4.79 Å². The van der Waals surface area contributed by atoms with E-state index in [1.165, 1.54) is 4.88 Å². The van der Waals surface area contributed by atoms with Crippen LogP contribution >= 0.6 is 23.1 Å². The Kier molecular flexibility index (Phi) is 6.62. The summed E-state index contributed by atoms with van der Waals surface area (Å²) in [5, 5.41) is 5.14. The number of carbonyl (C=O) groups is 1. The first-order valence-electron chi connectivity index (χ1n) is 8.27. The van der Waals surface area contributed by atoms with Crippen LogP contribution in [0.1, 0.15) is 11.3 Å². The number of hydrogen-bond donors (Lipinski definition) is 1. The summed E-state index contributed by atoms with van der Waals surface area (Å²) in [6.45, 7) is 6.03. The summed E-state index contributed by atoms with van der Waals surface area (Å²) in [4.78, 5) is 18.4. The molecule has 5 nitrogen and oxygen atoms in total. The van der Waals surface area contributed by atoms with Gasteiger partial charge in [0.1, 0.15) is 0 Å². The maximum Gasteiger partial charge on any atom is 0.318 e. The monoisotopic (exact) mass is 355 g/mol. The van der Waals surface area contributed by atoms with Crippen LogP contribution in [0.3, 0.4) is 0 Å². The molecule has 3 rings (SSSR count). The van der Waals surface area contributed by atoms with E-state index >= 15 is 0 Å². The standard InChI is InChI=1S/C16H25N3O2S2/c20-16(17-11-15-3-1-10-23-15)19-4-2-9-22-13-14(19)12-18-5-7-21-8-6-18/h1,3,10,14H,2,4-9,11-13H2,(H,17,20)/t14-/m1/s1. The third kappa shape index (κ3) is 5.11. The average molecular weight is 356 g/mol. The van der Waals surface area contributed by atoms with Gasteiger partial charge in [0.05, 0.1) is 25.8 Å². The van der Waals surface area contributed by atoms with Crippen molar-refractivity contribution in [1.29, 1.82) is 0 Å². The van der Waals surface area contributed by atoms with Gasteiger partial charge in [0, 0.05) is 36.8 Å². The van der Waals surface area contributed by atoms with Crippen LogP contribution in [0.5, 0.6) is 0 Å². The van der Waals surface area contributed by atoms with Crippen molar-refractivity contribution in [1.82, 2.24) is 15.1 Å². The van der Waals surface area contributed by atoms with Crippen molar-refractivity contribution in [2.45, 2.75) is 19.0 Å². The molecule has 0 spiro atoms. The van der Waals surface area contributed by atoms with Gasteiger partial charge in [-0.15, -0.1) is 11.3 Å². The Labute approximate surface area is 146 Å². The van der Waals surface area contributed by atoms with Crippen LogP contribution in [0.15, 0.2) is 17.5 Å². The first kappa shape index (κ1) is 17.1. The number of carbonyl (C=O) groups excluding carboxylic acids is 1. The largest absolute Gasteiger partial charge is 0.379 e. The highest BCUT2D eigenvalue weighted by atomic mass is 32.2. The van der Waals surface area contributed by atoms with E-state index in [1.807, 2.05) is 23.2 Å². The number of amides is 2. The molecule has 2 aliphatic rings. The second-order valence-electron chi connectivity index (χ2n) is 5.93. The third-order valence-corrected chi connectivity index (χ3v) is 6.34. The number of hydrogen-bond acceptors (Lipinski definition) is 5. The van der Waals surface area contributed by atoms with E-state index in [-0.39, 0.29) is 6.03 Å². The predicted molar refractivity (Wildman–Crippen MR) is 96.2 cm³/mol. The van der Waals surface area contributed by atoms with Gasteiger partial charge in [-0.25, -0.2) is 4.79 Å². The Bertz CT molecular complexity index is 478. The summed E-state index contributed by atoms with van der Waals surface area (Å²) in [5.74, 6) is 2.18. The summed E-state index contributed by atoms with van der Waals surface area (Å²) in [6.07, 6.45) is 1.08. The van der Waals surface area contributed by atoms with Gasteiger partial charge in [-0.05, 0) is 23.6 Å². The molecule has 0 bridgehead atoms. The summed E-state index contributed by atoms with van der Waals surface area (Å²) < 4.78 is 5.43. The number of rotatable bonds is 4. The molecule has 2 amide bonds. The van der Waals surface area contributed by atoms with Gasteiger partial charge in [0.2, 0.25) is 0 Å². The van der Waals surface area contributed by atoms with E-state index in [1.54, 1.807) is 11.3 Å². The van der Waals surface area contributed by atoms with Crippen LogP contribution in [-0.4, -0.2) is 72.8 Å². The second kappa shape index (κ2) is 8.92. The molecule has 2 saturated heterocycles. The summed E-state index contributed by atoms with van der Waals surface area (Å²) in [6, 6.07) is 4.47. The fraction of sp³-hybridized carbons (Fsp3) is 0.688. The van der Waals surface area contributed by atoms with Crippen LogP contribution in [0.25, 0.3) is 0 Å². The maximum atomic E-state index is 12.7. The number of morpholine rings is 1.